The summed E-state index contributed by atoms with van der Waals surface area (Å²) in [5.41, 5.74) is 4.58. The van der Waals surface area contributed by atoms with Crippen LogP contribution >= 0.6 is 15.6 Å². The third-order valence-electron chi connectivity index (χ3n) is 11.1. The average Bonchev–Trinajstić information content (AvgIpc) is 3.61. The number of rotatable bonds is 42. The third-order valence-corrected chi connectivity index (χ3v) is 13.7. The quantitative estimate of drug-likeness (QED) is 0.0154. The molecule has 0 aromatic carbocycles. The number of aromatic nitrogens is 2. The molecule has 21 heteroatoms. The predicted molar refractivity (Wildman–Crippen MR) is 272 cm³/mol. The summed E-state index contributed by atoms with van der Waals surface area (Å²) in [7, 11) is -10.9. The van der Waals surface area contributed by atoms with Crippen molar-refractivity contribution in [1.82, 2.24) is 9.55 Å². The third kappa shape index (κ3) is 31.6. The summed E-state index contributed by atoms with van der Waals surface area (Å²) >= 11 is 0. The maximum atomic E-state index is 12.8. The standard InChI is InChI=1S/C50H83N3O16P2/c1-2-3-4-5-6-7-8-9-13-16-19-22-25-28-31-34-45(55)64-39-42(67-46(56)35-32-29-26-23-20-17-14-11-10-12-15-18-21-24-27-30-33-38-54)40-65-70(60,61)69-71(62,63)66-41-43-47(57)48(58)49(68-43)53-37-36-44(51)52-50(53)59/h7-8,10,12,14,17-18,21,23,26,36-37,42-43,47-49,54,57-58H,2-6,9,11,13,15-16,19-20,22,24-25,27-35,38-41H2,1H3,(H,60,61)(H,62,63)(H2,51,52,59)/b8-7-,12-10-,17-14-,21-18-,26-23-/t42-,43-,47-,48-,49-/m1/s1. The largest absolute Gasteiger partial charge is 0.481 e. The van der Waals surface area contributed by atoms with Crippen LogP contribution in [0.3, 0.4) is 0 Å². The molecule has 71 heavy (non-hydrogen) atoms. The molecule has 2 rings (SSSR count). The number of unbranched alkanes of at least 4 members (excludes halogenated alkanes) is 15. The van der Waals surface area contributed by atoms with Gasteiger partial charge in [-0.05, 0) is 89.5 Å². The molecule has 0 spiro atoms. The molecule has 1 aromatic heterocycles. The van der Waals surface area contributed by atoms with E-state index in [1.54, 1.807) is 0 Å². The summed E-state index contributed by atoms with van der Waals surface area (Å²) in [6.07, 6.45) is 36.0. The Bertz CT molecular complexity index is 1920. The second-order valence-corrected chi connectivity index (χ2v) is 20.4. The number of anilines is 1. The van der Waals surface area contributed by atoms with E-state index in [9.17, 15) is 43.5 Å². The van der Waals surface area contributed by atoms with Crippen LogP contribution in [0.15, 0.2) is 77.8 Å². The molecule has 1 saturated heterocycles. The SMILES string of the molecule is CCCCCC/C=C\CCCCCCCCCC(=O)OC[C@H](COP(=O)(O)OP(=O)(O)OC[C@H]1O[C@@H](n2ccc(N)nc2=O)[C@H](O)[C@@H]1O)OC(=O)CCC/C=C\C/C=C\C/C=C\C/C=C\CCCCCO. The zero-order chi connectivity index (χ0) is 52.0. The number of hydrogen-bond acceptors (Lipinski definition) is 16. The molecule has 2 heterocycles. The van der Waals surface area contributed by atoms with E-state index in [0.29, 0.717) is 25.7 Å². The van der Waals surface area contributed by atoms with Crippen LogP contribution in [-0.2, 0) is 46.3 Å². The van der Waals surface area contributed by atoms with Crippen molar-refractivity contribution in [2.24, 2.45) is 0 Å². The average molecular weight is 1040 g/mol. The lowest BCUT2D eigenvalue weighted by molar-refractivity contribution is -0.161. The van der Waals surface area contributed by atoms with Crippen LogP contribution in [0.4, 0.5) is 5.82 Å². The number of aliphatic hydroxyl groups excluding tert-OH is 3. The van der Waals surface area contributed by atoms with Gasteiger partial charge >= 0.3 is 33.3 Å². The zero-order valence-electron chi connectivity index (χ0n) is 41.7. The van der Waals surface area contributed by atoms with Gasteiger partial charge in [-0.1, -0.05) is 125 Å². The smallest absolute Gasteiger partial charge is 0.462 e. The molecule has 0 radical (unpaired) electrons. The van der Waals surface area contributed by atoms with Crippen molar-refractivity contribution >= 4 is 33.4 Å². The Hall–Kier alpha value is -3.58. The van der Waals surface area contributed by atoms with E-state index >= 15 is 0 Å². The monoisotopic (exact) mass is 1040 g/mol. The molecule has 0 amide bonds. The highest BCUT2D eigenvalue weighted by Gasteiger charge is 2.46. The van der Waals surface area contributed by atoms with Crippen LogP contribution in [0.25, 0.3) is 0 Å². The van der Waals surface area contributed by atoms with Gasteiger partial charge in [0.05, 0.1) is 13.2 Å². The van der Waals surface area contributed by atoms with Gasteiger partial charge in [-0.3, -0.25) is 23.2 Å². The van der Waals surface area contributed by atoms with Crippen LogP contribution in [0.5, 0.6) is 0 Å². The molecule has 1 aliphatic rings. The minimum absolute atomic E-state index is 0.0383. The molecule has 0 aliphatic carbocycles. The van der Waals surface area contributed by atoms with E-state index in [1.165, 1.54) is 31.7 Å². The summed E-state index contributed by atoms with van der Waals surface area (Å²) in [5.74, 6) is -1.39. The number of allylic oxidation sites excluding steroid dienone is 10. The Balaban J connectivity index is 1.83. The van der Waals surface area contributed by atoms with Crippen LogP contribution < -0.4 is 11.4 Å². The highest BCUT2D eigenvalue weighted by Crippen LogP contribution is 2.60. The van der Waals surface area contributed by atoms with Crippen molar-refractivity contribution < 1.29 is 71.4 Å². The molecule has 0 saturated carbocycles. The lowest BCUT2D eigenvalue weighted by Crippen LogP contribution is -2.36. The van der Waals surface area contributed by atoms with Gasteiger partial charge in [0.1, 0.15) is 30.7 Å². The number of ether oxygens (including phenoxy) is 3. The lowest BCUT2D eigenvalue weighted by Gasteiger charge is -2.21. The maximum Gasteiger partial charge on any atom is 0.481 e. The van der Waals surface area contributed by atoms with E-state index in [0.717, 1.165) is 101 Å². The maximum absolute atomic E-state index is 12.8. The van der Waals surface area contributed by atoms with E-state index in [-0.39, 0.29) is 25.3 Å². The number of carbonyl (C=O) groups is 2. The summed E-state index contributed by atoms with van der Waals surface area (Å²) in [6.45, 7) is 0.0834. The highest BCUT2D eigenvalue weighted by molar-refractivity contribution is 7.61. The Kier molecular flexibility index (Phi) is 34.9. The minimum Gasteiger partial charge on any atom is -0.462 e. The van der Waals surface area contributed by atoms with Gasteiger partial charge < -0.3 is 45.1 Å². The highest BCUT2D eigenvalue weighted by atomic mass is 31.3. The van der Waals surface area contributed by atoms with E-state index in [1.807, 2.05) is 18.2 Å². The summed E-state index contributed by atoms with van der Waals surface area (Å²) in [4.78, 5) is 61.9. The summed E-state index contributed by atoms with van der Waals surface area (Å²) in [5, 5.41) is 29.7. The molecule has 0 bridgehead atoms. The van der Waals surface area contributed by atoms with Gasteiger partial charge in [0, 0.05) is 25.6 Å². The lowest BCUT2D eigenvalue weighted by atomic mass is 10.1. The van der Waals surface area contributed by atoms with Crippen molar-refractivity contribution in [2.75, 3.05) is 32.2 Å². The minimum atomic E-state index is -5.44. The van der Waals surface area contributed by atoms with Crippen molar-refractivity contribution in [3.63, 3.8) is 0 Å². The first-order chi connectivity index (χ1) is 34.2. The molecule has 1 fully saturated rings. The summed E-state index contributed by atoms with van der Waals surface area (Å²) in [6, 6.07) is 1.24. The molecule has 1 aliphatic heterocycles. The van der Waals surface area contributed by atoms with Crippen molar-refractivity contribution in [3.05, 3.63) is 83.5 Å². The molecule has 1 aromatic rings. The number of nitrogen functional groups attached to an aromatic ring is 1. The molecule has 2 unspecified atom stereocenters. The first kappa shape index (κ1) is 63.5. The number of carbonyl (C=O) groups excluding carboxylic acids is 2. The Morgan fingerprint density at radius 2 is 1.21 bits per heavy atom. The molecule has 404 valence electrons. The van der Waals surface area contributed by atoms with Gasteiger partial charge in [0.25, 0.3) is 0 Å². The van der Waals surface area contributed by atoms with Crippen LogP contribution in [0.1, 0.15) is 167 Å². The fraction of sp³-hybridized carbons (Fsp3) is 0.680. The number of phosphoric ester groups is 2. The Morgan fingerprint density at radius 1 is 0.704 bits per heavy atom. The normalized spacial score (nSPS) is 19.6. The van der Waals surface area contributed by atoms with Gasteiger partial charge in [-0.25, -0.2) is 13.9 Å². The van der Waals surface area contributed by atoms with Crippen molar-refractivity contribution in [2.45, 2.75) is 192 Å². The van der Waals surface area contributed by atoms with Gasteiger partial charge in [-0.15, -0.1) is 0 Å². The number of phosphoric acid groups is 2. The second-order valence-electron chi connectivity index (χ2n) is 17.4. The number of aliphatic hydroxyl groups is 3. The van der Waals surface area contributed by atoms with E-state index in [2.05, 4.69) is 58.8 Å². The number of esters is 2. The van der Waals surface area contributed by atoms with E-state index in [4.69, 9.17) is 34.1 Å². The Morgan fingerprint density at radius 3 is 1.80 bits per heavy atom. The first-order valence-corrected chi connectivity index (χ1v) is 28.4. The van der Waals surface area contributed by atoms with Crippen molar-refractivity contribution in [3.8, 4) is 0 Å². The zero-order valence-corrected chi connectivity index (χ0v) is 43.5. The van der Waals surface area contributed by atoms with Gasteiger partial charge in [0.15, 0.2) is 12.3 Å². The van der Waals surface area contributed by atoms with Crippen LogP contribution in [0.2, 0.25) is 0 Å². The second kappa shape index (κ2) is 39.0. The first-order valence-electron chi connectivity index (χ1n) is 25.4. The van der Waals surface area contributed by atoms with Crippen molar-refractivity contribution in [1.29, 1.82) is 0 Å². The predicted octanol–water partition coefficient (Wildman–Crippen LogP) is 9.31. The molecule has 7 atom stereocenters. The van der Waals surface area contributed by atoms with E-state index < -0.39 is 83.7 Å². The molecular weight excluding hydrogens is 961 g/mol. The fourth-order valence-electron chi connectivity index (χ4n) is 7.16. The molecule has 19 nitrogen and oxygen atoms in total. The number of hydrogen-bond donors (Lipinski definition) is 6. The number of nitrogens with zero attached hydrogens (tertiary/aromatic N) is 2. The Labute approximate surface area is 420 Å². The molecule has 7 N–H and O–H groups in total. The van der Waals surface area contributed by atoms with Crippen LogP contribution in [0, 0.1) is 0 Å². The topological polar surface area (TPSA) is 286 Å². The number of nitrogens with two attached hydrogens (primary N) is 1. The van der Waals surface area contributed by atoms with Gasteiger partial charge in [0.2, 0.25) is 0 Å². The fourth-order valence-corrected chi connectivity index (χ4v) is 9.27. The van der Waals surface area contributed by atoms with Gasteiger partial charge in [-0.2, -0.15) is 9.29 Å². The molecular formula is C50H83N3O16P2. The van der Waals surface area contributed by atoms with Crippen LogP contribution in [-0.4, -0.2) is 97.4 Å². The summed E-state index contributed by atoms with van der Waals surface area (Å²) < 4.78 is 56.7.